The largest absolute Gasteiger partial charge is 0.377 e. The predicted octanol–water partition coefficient (Wildman–Crippen LogP) is 1.76. The lowest BCUT2D eigenvalue weighted by Gasteiger charge is -2.19. The highest BCUT2D eigenvalue weighted by Gasteiger charge is 2.16. The molecule has 0 aliphatic rings. The van der Waals surface area contributed by atoms with Gasteiger partial charge in [-0.25, -0.2) is 9.78 Å². The smallest absolute Gasteiger partial charge is 0.317 e. The van der Waals surface area contributed by atoms with Gasteiger partial charge in [-0.3, -0.25) is 0 Å². The summed E-state index contributed by atoms with van der Waals surface area (Å²) < 4.78 is 10.0. The lowest BCUT2D eigenvalue weighted by molar-refractivity contribution is 0.174. The summed E-state index contributed by atoms with van der Waals surface area (Å²) in [5.41, 5.74) is 2.84. The Bertz CT molecular complexity index is 627. The van der Waals surface area contributed by atoms with Gasteiger partial charge in [0.25, 0.3) is 0 Å². The number of carbonyl (C=O) groups is 1. The van der Waals surface area contributed by atoms with Gasteiger partial charge in [-0.05, 0) is 13.8 Å². The van der Waals surface area contributed by atoms with Crippen molar-refractivity contribution in [3.05, 3.63) is 27.8 Å². The highest BCUT2D eigenvalue weighted by Crippen LogP contribution is 2.12. The third-order valence-electron chi connectivity index (χ3n) is 3.25. The van der Waals surface area contributed by atoms with E-state index in [-0.39, 0.29) is 19.2 Å². The van der Waals surface area contributed by atoms with E-state index in [1.807, 2.05) is 19.4 Å². The third kappa shape index (κ3) is 5.00. The molecule has 0 radical (unpaired) electrons. The third-order valence-corrected chi connectivity index (χ3v) is 4.25. The van der Waals surface area contributed by atoms with E-state index in [1.165, 1.54) is 4.88 Å². The molecule has 0 saturated carbocycles. The second-order valence-electron chi connectivity index (χ2n) is 4.89. The van der Waals surface area contributed by atoms with Crippen LogP contribution < -0.4 is 5.32 Å². The Hall–Kier alpha value is -2.00. The number of rotatable bonds is 8. The first kappa shape index (κ1) is 17.4. The molecule has 0 unspecified atom stereocenters. The Morgan fingerprint density at radius 1 is 1.52 bits per heavy atom. The summed E-state index contributed by atoms with van der Waals surface area (Å²) in [5, 5.41) is 6.69. The number of aromatic nitrogens is 3. The highest BCUT2D eigenvalue weighted by atomic mass is 32.1. The Labute approximate surface area is 138 Å². The zero-order valence-electron chi connectivity index (χ0n) is 13.5. The van der Waals surface area contributed by atoms with E-state index < -0.39 is 0 Å². The second kappa shape index (κ2) is 8.59. The SMILES string of the molecule is CCN(Cc1nc(COC)no1)C(=O)NCCc1scnc1C. The van der Waals surface area contributed by atoms with Gasteiger partial charge in [0.2, 0.25) is 5.89 Å². The molecular weight excluding hydrogens is 318 g/mol. The van der Waals surface area contributed by atoms with Gasteiger partial charge >= 0.3 is 6.03 Å². The Balaban J connectivity index is 1.81. The second-order valence-corrected chi connectivity index (χ2v) is 5.83. The number of methoxy groups -OCH3 is 1. The van der Waals surface area contributed by atoms with E-state index in [1.54, 1.807) is 23.3 Å². The monoisotopic (exact) mass is 339 g/mol. The van der Waals surface area contributed by atoms with Crippen LogP contribution in [0.4, 0.5) is 4.79 Å². The van der Waals surface area contributed by atoms with E-state index in [9.17, 15) is 4.79 Å². The van der Waals surface area contributed by atoms with Crippen LogP contribution in [-0.4, -0.2) is 46.3 Å². The van der Waals surface area contributed by atoms with Crippen LogP contribution in [0.5, 0.6) is 0 Å². The fraction of sp³-hybridized carbons (Fsp3) is 0.571. The van der Waals surface area contributed by atoms with Crippen LogP contribution >= 0.6 is 11.3 Å². The van der Waals surface area contributed by atoms with Gasteiger partial charge in [0.15, 0.2) is 5.82 Å². The molecule has 126 valence electrons. The lowest BCUT2D eigenvalue weighted by Crippen LogP contribution is -2.40. The molecular formula is C14H21N5O3S. The zero-order chi connectivity index (χ0) is 16.7. The minimum atomic E-state index is -0.152. The van der Waals surface area contributed by atoms with E-state index in [4.69, 9.17) is 9.26 Å². The molecule has 2 heterocycles. The van der Waals surface area contributed by atoms with Gasteiger partial charge in [0.1, 0.15) is 13.2 Å². The average Bonchev–Trinajstić information content (AvgIpc) is 3.14. The first-order chi connectivity index (χ1) is 11.1. The van der Waals surface area contributed by atoms with Gasteiger partial charge in [-0.2, -0.15) is 4.98 Å². The quantitative estimate of drug-likeness (QED) is 0.787. The maximum atomic E-state index is 12.2. The number of nitrogens with one attached hydrogen (secondary N) is 1. The number of amides is 2. The fourth-order valence-electron chi connectivity index (χ4n) is 1.99. The van der Waals surface area contributed by atoms with Crippen LogP contribution in [0.15, 0.2) is 10.0 Å². The molecule has 2 aromatic rings. The molecule has 23 heavy (non-hydrogen) atoms. The van der Waals surface area contributed by atoms with Gasteiger partial charge in [0, 0.05) is 31.5 Å². The number of carbonyl (C=O) groups excluding carboxylic acids is 1. The molecule has 9 heteroatoms. The van der Waals surface area contributed by atoms with Crippen LogP contribution in [0.25, 0.3) is 0 Å². The molecule has 0 spiro atoms. The Kier molecular flexibility index (Phi) is 6.48. The maximum Gasteiger partial charge on any atom is 0.317 e. The summed E-state index contributed by atoms with van der Waals surface area (Å²) in [4.78, 5) is 23.4. The van der Waals surface area contributed by atoms with Crippen LogP contribution in [-0.2, 0) is 24.3 Å². The number of thiazole rings is 1. The van der Waals surface area contributed by atoms with E-state index >= 15 is 0 Å². The van der Waals surface area contributed by atoms with Crippen molar-refractivity contribution >= 4 is 17.4 Å². The minimum Gasteiger partial charge on any atom is -0.377 e. The average molecular weight is 339 g/mol. The standard InChI is InChI=1S/C14H21N5O3S/c1-4-19(7-13-17-12(8-21-3)18-22-13)14(20)15-6-5-11-10(2)16-9-23-11/h9H,4-8H2,1-3H3,(H,15,20). The van der Waals surface area contributed by atoms with Crippen molar-refractivity contribution in [2.24, 2.45) is 0 Å². The molecule has 2 amide bonds. The Morgan fingerprint density at radius 3 is 3.00 bits per heavy atom. The molecule has 0 atom stereocenters. The molecule has 0 saturated heterocycles. The van der Waals surface area contributed by atoms with E-state index in [0.717, 1.165) is 12.1 Å². The molecule has 0 aromatic carbocycles. The first-order valence-corrected chi connectivity index (χ1v) is 8.24. The summed E-state index contributed by atoms with van der Waals surface area (Å²) >= 11 is 1.60. The summed E-state index contributed by atoms with van der Waals surface area (Å²) in [6.07, 6.45) is 0.776. The maximum absolute atomic E-state index is 12.2. The molecule has 0 bridgehead atoms. The lowest BCUT2D eigenvalue weighted by atomic mass is 10.3. The number of aryl methyl sites for hydroxylation is 1. The van der Waals surface area contributed by atoms with Crippen molar-refractivity contribution < 1.29 is 14.1 Å². The molecule has 2 rings (SSSR count). The van der Waals surface area contributed by atoms with Crippen LogP contribution in [0.1, 0.15) is 29.2 Å². The molecule has 0 aliphatic carbocycles. The summed E-state index contributed by atoms with van der Waals surface area (Å²) in [6, 6.07) is -0.152. The molecule has 0 aliphatic heterocycles. The van der Waals surface area contributed by atoms with Gasteiger partial charge in [-0.15, -0.1) is 11.3 Å². The molecule has 8 nitrogen and oxygen atoms in total. The number of urea groups is 1. The number of hydrogen-bond donors (Lipinski definition) is 1. The van der Waals surface area contributed by atoms with Crippen molar-refractivity contribution in [2.45, 2.75) is 33.4 Å². The first-order valence-electron chi connectivity index (χ1n) is 7.36. The fourth-order valence-corrected chi connectivity index (χ4v) is 2.77. The van der Waals surface area contributed by atoms with Crippen LogP contribution in [0.2, 0.25) is 0 Å². The van der Waals surface area contributed by atoms with Crippen molar-refractivity contribution in [2.75, 3.05) is 20.2 Å². The summed E-state index contributed by atoms with van der Waals surface area (Å²) in [6.45, 7) is 5.55. The number of ether oxygens (including phenoxy) is 1. The van der Waals surface area contributed by atoms with Crippen LogP contribution in [0, 0.1) is 6.92 Å². The summed E-state index contributed by atoms with van der Waals surface area (Å²) in [5.74, 6) is 0.868. The summed E-state index contributed by atoms with van der Waals surface area (Å²) in [7, 11) is 1.56. The van der Waals surface area contributed by atoms with Crippen molar-refractivity contribution in [1.29, 1.82) is 0 Å². The van der Waals surface area contributed by atoms with Crippen LogP contribution in [0.3, 0.4) is 0 Å². The number of nitrogens with zero attached hydrogens (tertiary/aromatic N) is 4. The molecule has 1 N–H and O–H groups in total. The normalized spacial score (nSPS) is 10.7. The zero-order valence-corrected chi connectivity index (χ0v) is 14.4. The highest BCUT2D eigenvalue weighted by molar-refractivity contribution is 7.09. The molecule has 0 fully saturated rings. The topological polar surface area (TPSA) is 93.4 Å². The van der Waals surface area contributed by atoms with Crippen molar-refractivity contribution in [3.8, 4) is 0 Å². The number of hydrogen-bond acceptors (Lipinski definition) is 7. The van der Waals surface area contributed by atoms with Gasteiger partial charge < -0.3 is 19.5 Å². The van der Waals surface area contributed by atoms with Crippen molar-refractivity contribution in [3.63, 3.8) is 0 Å². The van der Waals surface area contributed by atoms with Gasteiger partial charge in [0.05, 0.1) is 11.2 Å². The van der Waals surface area contributed by atoms with E-state index in [0.29, 0.717) is 24.8 Å². The van der Waals surface area contributed by atoms with E-state index in [2.05, 4.69) is 20.4 Å². The van der Waals surface area contributed by atoms with Gasteiger partial charge in [-0.1, -0.05) is 5.16 Å². The van der Waals surface area contributed by atoms with Crippen molar-refractivity contribution in [1.82, 2.24) is 25.3 Å². The Morgan fingerprint density at radius 2 is 2.35 bits per heavy atom. The predicted molar refractivity (Wildman–Crippen MR) is 85.0 cm³/mol. The molecule has 2 aromatic heterocycles. The minimum absolute atomic E-state index is 0.152.